The Morgan fingerprint density at radius 2 is 2.07 bits per heavy atom. The molecule has 1 aromatic rings. The molecule has 2 unspecified atom stereocenters. The molecule has 1 aliphatic rings. The summed E-state index contributed by atoms with van der Waals surface area (Å²) in [6.45, 7) is 1.87. The highest BCUT2D eigenvalue weighted by Crippen LogP contribution is 2.48. The zero-order valence-electron chi connectivity index (χ0n) is 8.97. The van der Waals surface area contributed by atoms with Gasteiger partial charge in [0.2, 0.25) is 0 Å². The number of oxime groups is 1. The largest absolute Gasteiger partial charge is 0.497 e. The fourth-order valence-electron chi connectivity index (χ4n) is 1.95. The van der Waals surface area contributed by atoms with Crippen molar-refractivity contribution in [2.24, 2.45) is 11.1 Å². The van der Waals surface area contributed by atoms with Crippen LogP contribution in [0.25, 0.3) is 0 Å². The lowest BCUT2D eigenvalue weighted by atomic mass is 10.1. The van der Waals surface area contributed by atoms with Crippen LogP contribution in [0.15, 0.2) is 29.4 Å². The van der Waals surface area contributed by atoms with Gasteiger partial charge in [0.25, 0.3) is 0 Å². The molecular formula is C12H15NO2. The summed E-state index contributed by atoms with van der Waals surface area (Å²) in [6, 6.07) is 8.09. The van der Waals surface area contributed by atoms with E-state index in [9.17, 15) is 0 Å². The smallest absolute Gasteiger partial charge is 0.118 e. The molecule has 0 aromatic heterocycles. The average Bonchev–Trinajstić information content (AvgIpc) is 3.08. The van der Waals surface area contributed by atoms with Crippen LogP contribution >= 0.6 is 0 Å². The van der Waals surface area contributed by atoms with E-state index in [0.717, 1.165) is 17.9 Å². The zero-order chi connectivity index (χ0) is 10.8. The Morgan fingerprint density at radius 1 is 1.40 bits per heavy atom. The highest BCUT2D eigenvalue weighted by Gasteiger charge is 2.40. The molecule has 2 atom stereocenters. The molecule has 0 saturated heterocycles. The Morgan fingerprint density at radius 3 is 2.60 bits per heavy atom. The van der Waals surface area contributed by atoms with Gasteiger partial charge in [-0.15, -0.1) is 0 Å². The molecule has 3 heteroatoms. The summed E-state index contributed by atoms with van der Waals surface area (Å²) in [5.74, 6) is 1.82. The van der Waals surface area contributed by atoms with Gasteiger partial charge in [0.1, 0.15) is 5.75 Å². The molecule has 0 spiro atoms. The van der Waals surface area contributed by atoms with Crippen molar-refractivity contribution in [2.75, 3.05) is 7.11 Å². The summed E-state index contributed by atoms with van der Waals surface area (Å²) in [5.41, 5.74) is 2.12. The lowest BCUT2D eigenvalue weighted by molar-refractivity contribution is 0.316. The summed E-state index contributed by atoms with van der Waals surface area (Å²) in [5, 5.41) is 11.9. The molecule has 1 aliphatic carbocycles. The molecule has 1 saturated carbocycles. The van der Waals surface area contributed by atoms with Crippen molar-refractivity contribution in [3.05, 3.63) is 29.8 Å². The second-order valence-corrected chi connectivity index (χ2v) is 3.96. The number of benzene rings is 1. The fourth-order valence-corrected chi connectivity index (χ4v) is 1.95. The van der Waals surface area contributed by atoms with Crippen LogP contribution in [0.1, 0.15) is 24.8 Å². The molecular weight excluding hydrogens is 190 g/mol. The van der Waals surface area contributed by atoms with Crippen molar-refractivity contribution in [1.29, 1.82) is 0 Å². The quantitative estimate of drug-likeness (QED) is 0.468. The van der Waals surface area contributed by atoms with Gasteiger partial charge in [-0.05, 0) is 37.0 Å². The first-order valence-corrected chi connectivity index (χ1v) is 5.08. The van der Waals surface area contributed by atoms with Crippen LogP contribution in [0, 0.1) is 5.92 Å². The molecule has 0 bridgehead atoms. The first-order valence-electron chi connectivity index (χ1n) is 5.08. The molecule has 0 amide bonds. The van der Waals surface area contributed by atoms with Crippen LogP contribution in [0.3, 0.4) is 0 Å². The number of nitrogens with zero attached hydrogens (tertiary/aromatic N) is 1. The summed E-state index contributed by atoms with van der Waals surface area (Å²) in [4.78, 5) is 0. The van der Waals surface area contributed by atoms with E-state index in [1.54, 1.807) is 7.11 Å². The normalized spacial score (nSPS) is 25.1. The van der Waals surface area contributed by atoms with Gasteiger partial charge in [-0.2, -0.15) is 0 Å². The van der Waals surface area contributed by atoms with Gasteiger partial charge in [0.05, 0.1) is 12.8 Å². The molecule has 3 nitrogen and oxygen atoms in total. The minimum absolute atomic E-state index is 0.420. The molecule has 15 heavy (non-hydrogen) atoms. The van der Waals surface area contributed by atoms with Crippen molar-refractivity contribution >= 4 is 5.71 Å². The Labute approximate surface area is 89.4 Å². The topological polar surface area (TPSA) is 41.8 Å². The van der Waals surface area contributed by atoms with E-state index in [1.807, 2.05) is 19.1 Å². The van der Waals surface area contributed by atoms with Gasteiger partial charge in [0, 0.05) is 5.92 Å². The highest BCUT2D eigenvalue weighted by molar-refractivity contribution is 5.87. The van der Waals surface area contributed by atoms with E-state index < -0.39 is 0 Å². The van der Waals surface area contributed by atoms with Crippen LogP contribution < -0.4 is 4.74 Å². The highest BCUT2D eigenvalue weighted by atomic mass is 16.5. The van der Waals surface area contributed by atoms with Crippen LogP contribution in [0.5, 0.6) is 5.75 Å². The van der Waals surface area contributed by atoms with Gasteiger partial charge >= 0.3 is 0 Å². The third-order valence-corrected chi connectivity index (χ3v) is 3.03. The minimum atomic E-state index is 0.420. The van der Waals surface area contributed by atoms with Crippen LogP contribution in [0.4, 0.5) is 0 Å². The first kappa shape index (κ1) is 10.0. The molecule has 0 aliphatic heterocycles. The van der Waals surface area contributed by atoms with Gasteiger partial charge in [-0.1, -0.05) is 17.3 Å². The van der Waals surface area contributed by atoms with Gasteiger partial charge < -0.3 is 9.94 Å². The van der Waals surface area contributed by atoms with E-state index in [0.29, 0.717) is 11.8 Å². The molecule has 2 rings (SSSR count). The third-order valence-electron chi connectivity index (χ3n) is 3.03. The van der Waals surface area contributed by atoms with Crippen molar-refractivity contribution in [3.63, 3.8) is 0 Å². The molecule has 80 valence electrons. The van der Waals surface area contributed by atoms with Crippen LogP contribution in [-0.2, 0) is 0 Å². The lowest BCUT2D eigenvalue weighted by Crippen LogP contribution is -1.96. The van der Waals surface area contributed by atoms with Gasteiger partial charge in [0.15, 0.2) is 0 Å². The maximum Gasteiger partial charge on any atom is 0.118 e. The van der Waals surface area contributed by atoms with E-state index in [1.165, 1.54) is 5.56 Å². The molecule has 0 heterocycles. The van der Waals surface area contributed by atoms with Gasteiger partial charge in [-0.3, -0.25) is 0 Å². The van der Waals surface area contributed by atoms with E-state index in [2.05, 4.69) is 17.3 Å². The number of hydrogen-bond donors (Lipinski definition) is 1. The fraction of sp³-hybridized carbons (Fsp3) is 0.417. The first-order chi connectivity index (χ1) is 7.26. The average molecular weight is 205 g/mol. The Hall–Kier alpha value is -1.51. The van der Waals surface area contributed by atoms with Crippen molar-refractivity contribution < 1.29 is 9.94 Å². The van der Waals surface area contributed by atoms with Crippen LogP contribution in [-0.4, -0.2) is 18.0 Å². The molecule has 1 fully saturated rings. The second-order valence-electron chi connectivity index (χ2n) is 3.96. The summed E-state index contributed by atoms with van der Waals surface area (Å²) >= 11 is 0. The Kier molecular flexibility index (Phi) is 2.62. The lowest BCUT2D eigenvalue weighted by Gasteiger charge is -2.02. The zero-order valence-corrected chi connectivity index (χ0v) is 8.97. The second kappa shape index (κ2) is 3.93. The standard InChI is InChI=1S/C12H15NO2/c1-8(13-14)11-7-12(11)9-3-5-10(15-2)6-4-9/h3-6,11-12,14H,7H2,1-2H3. The van der Waals surface area contributed by atoms with E-state index >= 15 is 0 Å². The minimum Gasteiger partial charge on any atom is -0.497 e. The number of methoxy groups -OCH3 is 1. The van der Waals surface area contributed by atoms with Crippen molar-refractivity contribution in [1.82, 2.24) is 0 Å². The summed E-state index contributed by atoms with van der Waals surface area (Å²) in [6.07, 6.45) is 1.09. The predicted octanol–water partition coefficient (Wildman–Crippen LogP) is 2.65. The Bertz CT molecular complexity index is 370. The summed E-state index contributed by atoms with van der Waals surface area (Å²) < 4.78 is 5.10. The Balaban J connectivity index is 2.07. The van der Waals surface area contributed by atoms with E-state index in [-0.39, 0.29) is 0 Å². The maximum absolute atomic E-state index is 8.66. The SMILES string of the molecule is COc1ccc(C2CC2C(C)=NO)cc1. The van der Waals surface area contributed by atoms with Gasteiger partial charge in [-0.25, -0.2) is 0 Å². The number of rotatable bonds is 3. The predicted molar refractivity (Wildman–Crippen MR) is 58.7 cm³/mol. The van der Waals surface area contributed by atoms with Crippen molar-refractivity contribution in [3.8, 4) is 5.75 Å². The monoisotopic (exact) mass is 205 g/mol. The summed E-state index contributed by atoms with van der Waals surface area (Å²) in [7, 11) is 1.66. The molecule has 0 radical (unpaired) electrons. The van der Waals surface area contributed by atoms with Crippen LogP contribution in [0.2, 0.25) is 0 Å². The number of hydrogen-bond acceptors (Lipinski definition) is 3. The van der Waals surface area contributed by atoms with Crippen molar-refractivity contribution in [2.45, 2.75) is 19.3 Å². The number of ether oxygens (including phenoxy) is 1. The molecule has 1 N–H and O–H groups in total. The molecule has 1 aromatic carbocycles. The van der Waals surface area contributed by atoms with E-state index in [4.69, 9.17) is 9.94 Å². The third kappa shape index (κ3) is 1.96. The maximum atomic E-state index is 8.66.